The van der Waals surface area contributed by atoms with Crippen LogP contribution in [0.4, 0.5) is 0 Å². The predicted octanol–water partition coefficient (Wildman–Crippen LogP) is 4.73. The number of nitrogens with one attached hydrogen (secondary N) is 1. The van der Waals surface area contributed by atoms with Crippen LogP contribution in [-0.2, 0) is 9.53 Å². The molecular formula is C23H37NO4. The van der Waals surface area contributed by atoms with Crippen molar-refractivity contribution in [2.24, 2.45) is 5.92 Å². The van der Waals surface area contributed by atoms with Gasteiger partial charge in [-0.15, -0.1) is 0 Å². The lowest BCUT2D eigenvalue weighted by Crippen LogP contribution is -2.33. The summed E-state index contributed by atoms with van der Waals surface area (Å²) in [6.07, 6.45) is 9.20. The molecule has 1 saturated heterocycles. The molecule has 1 unspecified atom stereocenters. The zero-order valence-corrected chi connectivity index (χ0v) is 17.7. The molecule has 0 radical (unpaired) electrons. The van der Waals surface area contributed by atoms with Gasteiger partial charge in [0.15, 0.2) is 11.5 Å². The minimum Gasteiger partial charge on any atom is -0.489 e. The van der Waals surface area contributed by atoms with E-state index >= 15 is 0 Å². The van der Waals surface area contributed by atoms with Crippen LogP contribution in [0, 0.1) is 5.92 Å². The van der Waals surface area contributed by atoms with E-state index in [4.69, 9.17) is 9.47 Å². The quantitative estimate of drug-likeness (QED) is 0.710. The van der Waals surface area contributed by atoms with Crippen LogP contribution in [0.5, 0.6) is 11.5 Å². The molecule has 158 valence electrons. The first-order valence-corrected chi connectivity index (χ1v) is 10.7. The lowest BCUT2D eigenvalue weighted by atomic mass is 9.98. The lowest BCUT2D eigenvalue weighted by Gasteiger charge is -2.26. The van der Waals surface area contributed by atoms with E-state index in [9.17, 15) is 4.79 Å². The summed E-state index contributed by atoms with van der Waals surface area (Å²) in [4.78, 5) is 9.60. The number of hydrogen-bond acceptors (Lipinski definition) is 5. The number of carbonyl (C=O) groups is 1. The van der Waals surface area contributed by atoms with Gasteiger partial charge >= 0.3 is 0 Å². The van der Waals surface area contributed by atoms with E-state index in [0.717, 1.165) is 31.2 Å². The second kappa shape index (κ2) is 11.9. The average molecular weight is 392 g/mol. The van der Waals surface area contributed by atoms with Gasteiger partial charge in [-0.1, -0.05) is 18.6 Å². The molecule has 3 rings (SSSR count). The highest BCUT2D eigenvalue weighted by Crippen LogP contribution is 2.31. The van der Waals surface area contributed by atoms with Crippen LogP contribution in [0.25, 0.3) is 0 Å². The third kappa shape index (κ3) is 8.96. The summed E-state index contributed by atoms with van der Waals surface area (Å²) >= 11 is 0. The van der Waals surface area contributed by atoms with Crippen molar-refractivity contribution in [3.8, 4) is 11.5 Å². The highest BCUT2D eigenvalue weighted by Gasteiger charge is 2.18. The fraction of sp³-hybridized carbons (Fsp3) is 0.696. The summed E-state index contributed by atoms with van der Waals surface area (Å²) in [7, 11) is 0. The van der Waals surface area contributed by atoms with Gasteiger partial charge in [0.1, 0.15) is 5.60 Å². The maximum Gasteiger partial charge on any atom is 0.293 e. The fourth-order valence-corrected chi connectivity index (χ4v) is 3.45. The van der Waals surface area contributed by atoms with Crippen molar-refractivity contribution < 1.29 is 19.0 Å². The first-order valence-electron chi connectivity index (χ1n) is 10.7. The van der Waals surface area contributed by atoms with Gasteiger partial charge in [-0.2, -0.15) is 0 Å². The Morgan fingerprint density at radius 1 is 1.04 bits per heavy atom. The van der Waals surface area contributed by atoms with Gasteiger partial charge in [-0.25, -0.2) is 0 Å². The normalized spacial score (nSPS) is 20.5. The van der Waals surface area contributed by atoms with Gasteiger partial charge in [-0.05, 0) is 78.0 Å². The molecule has 1 saturated carbocycles. The van der Waals surface area contributed by atoms with Crippen LogP contribution in [0.15, 0.2) is 24.3 Å². The first kappa shape index (κ1) is 22.5. The lowest BCUT2D eigenvalue weighted by molar-refractivity contribution is -0.138. The molecule has 0 amide bonds. The Kier molecular flexibility index (Phi) is 9.62. The smallest absolute Gasteiger partial charge is 0.293 e. The van der Waals surface area contributed by atoms with Gasteiger partial charge in [0, 0.05) is 12.5 Å². The van der Waals surface area contributed by atoms with Gasteiger partial charge in [0.25, 0.3) is 6.47 Å². The van der Waals surface area contributed by atoms with Crippen LogP contribution < -0.4 is 14.8 Å². The monoisotopic (exact) mass is 391 g/mol. The van der Waals surface area contributed by atoms with Crippen molar-refractivity contribution in [3.63, 3.8) is 0 Å². The summed E-state index contributed by atoms with van der Waals surface area (Å²) in [5.41, 5.74) is -0.318. The Balaban J connectivity index is 0.000000345. The molecule has 1 aliphatic carbocycles. The summed E-state index contributed by atoms with van der Waals surface area (Å²) in [6.45, 7) is 8.94. The summed E-state index contributed by atoms with van der Waals surface area (Å²) < 4.78 is 16.8. The topological polar surface area (TPSA) is 56.8 Å². The molecule has 1 atom stereocenters. The fourth-order valence-electron chi connectivity index (χ4n) is 3.45. The van der Waals surface area contributed by atoms with E-state index in [2.05, 4.69) is 10.1 Å². The van der Waals surface area contributed by atoms with Crippen LogP contribution >= 0.6 is 0 Å². The standard InChI is InChI=1S/C18H27NO2.C5H10O2/c1-2-8-16(9-3-1)21-18-11-5-4-10-17(18)20-14-15-7-6-12-19-13-15;1-5(2,3)7-4-6/h4-5,10-11,15-16,19H,1-3,6-9,12-14H2;4H,1-3H3. The minimum atomic E-state index is -0.318. The van der Waals surface area contributed by atoms with Crippen molar-refractivity contribution in [2.45, 2.75) is 77.4 Å². The van der Waals surface area contributed by atoms with Gasteiger partial charge in [-0.3, -0.25) is 4.79 Å². The number of hydrogen-bond donors (Lipinski definition) is 1. The molecule has 5 nitrogen and oxygen atoms in total. The molecule has 0 aromatic heterocycles. The molecule has 2 fully saturated rings. The van der Waals surface area contributed by atoms with E-state index in [-0.39, 0.29) is 5.60 Å². The molecular weight excluding hydrogens is 354 g/mol. The summed E-state index contributed by atoms with van der Waals surface area (Å²) in [6, 6.07) is 8.15. The summed E-state index contributed by atoms with van der Waals surface area (Å²) in [5.74, 6) is 2.46. The van der Waals surface area contributed by atoms with Gasteiger partial charge in [0.2, 0.25) is 0 Å². The van der Waals surface area contributed by atoms with E-state index in [1.807, 2.05) is 45.0 Å². The maximum atomic E-state index is 9.60. The molecule has 5 heteroatoms. The highest BCUT2D eigenvalue weighted by molar-refractivity contribution is 5.39. The van der Waals surface area contributed by atoms with Crippen molar-refractivity contribution in [2.75, 3.05) is 19.7 Å². The Labute approximate surface area is 170 Å². The minimum absolute atomic E-state index is 0.318. The average Bonchev–Trinajstić information content (AvgIpc) is 2.68. The number of carbonyl (C=O) groups excluding carboxylic acids is 1. The van der Waals surface area contributed by atoms with Crippen molar-refractivity contribution >= 4 is 6.47 Å². The number of rotatable bonds is 6. The molecule has 2 aliphatic rings. The van der Waals surface area contributed by atoms with Crippen LogP contribution in [0.2, 0.25) is 0 Å². The molecule has 28 heavy (non-hydrogen) atoms. The number of ether oxygens (including phenoxy) is 3. The van der Waals surface area contributed by atoms with Crippen molar-refractivity contribution in [3.05, 3.63) is 24.3 Å². The van der Waals surface area contributed by atoms with Crippen LogP contribution in [0.3, 0.4) is 0 Å². The van der Waals surface area contributed by atoms with Gasteiger partial charge < -0.3 is 19.5 Å². The van der Waals surface area contributed by atoms with Gasteiger partial charge in [0.05, 0.1) is 12.7 Å². The molecule has 0 bridgehead atoms. The Hall–Kier alpha value is -1.75. The molecule has 1 aromatic carbocycles. The van der Waals surface area contributed by atoms with Crippen molar-refractivity contribution in [1.82, 2.24) is 5.32 Å². The third-order valence-corrected chi connectivity index (χ3v) is 4.97. The second-order valence-electron chi connectivity index (χ2n) is 8.67. The Bertz CT molecular complexity index is 558. The third-order valence-electron chi connectivity index (χ3n) is 4.97. The van der Waals surface area contributed by atoms with E-state index in [1.165, 1.54) is 44.9 Å². The predicted molar refractivity (Wildman–Crippen MR) is 112 cm³/mol. The van der Waals surface area contributed by atoms with E-state index in [1.54, 1.807) is 0 Å². The number of para-hydroxylation sites is 2. The highest BCUT2D eigenvalue weighted by atomic mass is 16.5. The molecule has 1 aromatic rings. The zero-order valence-electron chi connectivity index (χ0n) is 17.7. The van der Waals surface area contributed by atoms with E-state index < -0.39 is 0 Å². The molecule has 1 N–H and O–H groups in total. The Morgan fingerprint density at radius 3 is 2.32 bits per heavy atom. The molecule has 1 heterocycles. The van der Waals surface area contributed by atoms with Crippen molar-refractivity contribution in [1.29, 1.82) is 0 Å². The molecule has 1 aliphatic heterocycles. The second-order valence-corrected chi connectivity index (χ2v) is 8.67. The zero-order chi connectivity index (χ0) is 20.2. The first-order chi connectivity index (χ1) is 13.5. The molecule has 0 spiro atoms. The van der Waals surface area contributed by atoms with E-state index in [0.29, 0.717) is 18.5 Å². The van der Waals surface area contributed by atoms with Crippen LogP contribution in [0.1, 0.15) is 65.7 Å². The number of benzene rings is 1. The number of piperidine rings is 1. The summed E-state index contributed by atoms with van der Waals surface area (Å²) in [5, 5.41) is 3.44. The SMILES string of the molecule is CC(C)(C)OC=O.c1ccc(OC2CCCCC2)c(OCC2CCCNC2)c1. The Morgan fingerprint density at radius 2 is 1.75 bits per heavy atom. The maximum absolute atomic E-state index is 9.60. The van der Waals surface area contributed by atoms with Crippen LogP contribution in [-0.4, -0.2) is 37.9 Å². The largest absolute Gasteiger partial charge is 0.489 e.